The zero-order valence-electron chi connectivity index (χ0n) is 17.2. The molecule has 2 amide bonds. The molecule has 160 valence electrons. The number of para-hydroxylation sites is 1. The van der Waals surface area contributed by atoms with Crippen molar-refractivity contribution in [1.29, 1.82) is 0 Å². The molecule has 0 unspecified atom stereocenters. The summed E-state index contributed by atoms with van der Waals surface area (Å²) in [6, 6.07) is 14.1. The summed E-state index contributed by atoms with van der Waals surface area (Å²) in [6.45, 7) is 0.229. The fraction of sp³-hybridized carbons (Fsp3) is 0.217. The molecule has 2 aromatic rings. The van der Waals surface area contributed by atoms with Crippen LogP contribution in [0, 0.1) is 0 Å². The molecule has 0 radical (unpaired) electrons. The highest BCUT2D eigenvalue weighted by Gasteiger charge is 2.34. The van der Waals surface area contributed by atoms with Crippen LogP contribution in [0.5, 0.6) is 5.75 Å². The number of benzene rings is 2. The third kappa shape index (κ3) is 3.98. The third-order valence-electron chi connectivity index (χ3n) is 5.35. The first kappa shape index (κ1) is 20.9. The number of hydrogen-bond donors (Lipinski definition) is 0. The lowest BCUT2D eigenvalue weighted by atomic mass is 10.1. The molecule has 0 bridgehead atoms. The van der Waals surface area contributed by atoms with Crippen molar-refractivity contribution in [3.8, 4) is 5.75 Å². The number of hydrogen-bond acceptors (Lipinski definition) is 5. The molecule has 2 aromatic carbocycles. The first-order chi connectivity index (χ1) is 14.8. The number of rotatable bonds is 6. The lowest BCUT2D eigenvalue weighted by Gasteiger charge is -2.23. The summed E-state index contributed by atoms with van der Waals surface area (Å²) in [5.41, 5.74) is 2.33. The van der Waals surface area contributed by atoms with E-state index < -0.39 is 10.0 Å². The van der Waals surface area contributed by atoms with Gasteiger partial charge >= 0.3 is 0 Å². The predicted octanol–water partition coefficient (Wildman–Crippen LogP) is 3.27. The summed E-state index contributed by atoms with van der Waals surface area (Å²) in [5.74, 6) is 0.164. The van der Waals surface area contributed by atoms with Gasteiger partial charge in [-0.15, -0.1) is 0 Å². The quantitative estimate of drug-likeness (QED) is 0.647. The van der Waals surface area contributed by atoms with Crippen LogP contribution >= 0.6 is 0 Å². The van der Waals surface area contributed by atoms with Gasteiger partial charge in [0.1, 0.15) is 5.75 Å². The van der Waals surface area contributed by atoms with Gasteiger partial charge in [0.2, 0.25) is 15.9 Å². The zero-order chi connectivity index (χ0) is 22.2. The first-order valence-corrected chi connectivity index (χ1v) is 11.7. The molecule has 8 heteroatoms. The average molecular weight is 439 g/mol. The number of nitrogens with zero attached hydrogens (tertiary/aromatic N) is 2. The van der Waals surface area contributed by atoms with Crippen LogP contribution in [-0.2, 0) is 10.0 Å². The van der Waals surface area contributed by atoms with Gasteiger partial charge in [-0.2, -0.15) is 0 Å². The number of sulfonamides is 1. The minimum atomic E-state index is -3.55. The summed E-state index contributed by atoms with van der Waals surface area (Å²) in [6.07, 6.45) is 5.69. The monoisotopic (exact) mass is 438 g/mol. The third-order valence-corrected chi connectivity index (χ3v) is 6.51. The summed E-state index contributed by atoms with van der Waals surface area (Å²) in [5, 5.41) is 0. The van der Waals surface area contributed by atoms with Crippen LogP contribution in [0.25, 0.3) is 6.08 Å². The summed E-state index contributed by atoms with van der Waals surface area (Å²) < 4.78 is 31.5. The Hall–Kier alpha value is -3.39. The zero-order valence-corrected chi connectivity index (χ0v) is 18.1. The maximum absolute atomic E-state index is 12.6. The number of carbonyl (C=O) groups excluding carboxylic acids is 2. The molecule has 31 heavy (non-hydrogen) atoms. The van der Waals surface area contributed by atoms with Crippen molar-refractivity contribution < 1.29 is 22.7 Å². The molecular formula is C23H22N2O5S. The van der Waals surface area contributed by atoms with E-state index in [0.717, 1.165) is 16.1 Å². The van der Waals surface area contributed by atoms with Gasteiger partial charge in [0.15, 0.2) is 0 Å². The molecule has 2 aliphatic heterocycles. The largest absolute Gasteiger partial charge is 0.439 e. The van der Waals surface area contributed by atoms with E-state index in [2.05, 4.69) is 0 Å². The smallest absolute Gasteiger partial charge is 0.261 e. The van der Waals surface area contributed by atoms with Gasteiger partial charge in [-0.3, -0.25) is 14.5 Å². The number of amides is 2. The van der Waals surface area contributed by atoms with Crippen molar-refractivity contribution in [1.82, 2.24) is 9.21 Å². The number of ether oxygens (including phenoxy) is 1. The summed E-state index contributed by atoms with van der Waals surface area (Å²) in [4.78, 5) is 26.4. The fourth-order valence-electron chi connectivity index (χ4n) is 3.62. The Morgan fingerprint density at radius 2 is 1.55 bits per heavy atom. The summed E-state index contributed by atoms with van der Waals surface area (Å²) in [7, 11) is -2.11. The number of fused-ring (bicyclic) bond motifs is 2. The Balaban J connectivity index is 1.56. The molecule has 0 fully saturated rings. The van der Waals surface area contributed by atoms with E-state index in [1.54, 1.807) is 30.3 Å². The van der Waals surface area contributed by atoms with Crippen molar-refractivity contribution >= 4 is 27.9 Å². The second-order valence-electron chi connectivity index (χ2n) is 7.45. The van der Waals surface area contributed by atoms with Crippen LogP contribution < -0.4 is 4.74 Å². The minimum Gasteiger partial charge on any atom is -0.439 e. The van der Waals surface area contributed by atoms with Gasteiger partial charge in [-0.1, -0.05) is 42.5 Å². The molecule has 2 heterocycles. The topological polar surface area (TPSA) is 84.0 Å². The van der Waals surface area contributed by atoms with E-state index in [-0.39, 0.29) is 24.2 Å². The fourth-order valence-corrected chi connectivity index (χ4v) is 4.08. The summed E-state index contributed by atoms with van der Waals surface area (Å²) >= 11 is 0. The van der Waals surface area contributed by atoms with E-state index in [4.69, 9.17) is 4.74 Å². The van der Waals surface area contributed by atoms with Gasteiger partial charge < -0.3 is 4.74 Å². The lowest BCUT2D eigenvalue weighted by molar-refractivity contribution is 0.0652. The van der Waals surface area contributed by atoms with Crippen molar-refractivity contribution in [3.05, 3.63) is 82.8 Å². The Labute approximate surface area is 181 Å². The average Bonchev–Trinajstić information content (AvgIpc) is 2.89. The van der Waals surface area contributed by atoms with Crippen LogP contribution in [0.3, 0.4) is 0 Å². The molecular weight excluding hydrogens is 416 g/mol. The molecule has 0 atom stereocenters. The van der Waals surface area contributed by atoms with Crippen LogP contribution in [0.4, 0.5) is 0 Å². The molecule has 0 N–H and O–H groups in total. The first-order valence-electron chi connectivity index (χ1n) is 9.84. The highest BCUT2D eigenvalue weighted by Crippen LogP contribution is 2.31. The van der Waals surface area contributed by atoms with E-state index in [9.17, 15) is 18.0 Å². The van der Waals surface area contributed by atoms with E-state index in [1.165, 1.54) is 11.9 Å². The molecule has 0 aromatic heterocycles. The van der Waals surface area contributed by atoms with Crippen molar-refractivity contribution in [2.45, 2.75) is 12.8 Å². The number of imide groups is 1. The molecule has 0 saturated heterocycles. The maximum Gasteiger partial charge on any atom is 0.261 e. The minimum absolute atomic E-state index is 0.214. The standard InChI is InChI=1S/C23H22N2O5S/c1-24(31(2,28)29)23-17(14-13-16-8-3-6-12-20(16)30-23)9-7-15-25-21(26)18-10-4-5-11-19(18)22(25)27/h3-6,8,10-14H,7,9,15H2,1-2H3. The molecule has 2 aliphatic rings. The molecule has 7 nitrogen and oxygen atoms in total. The van der Waals surface area contributed by atoms with Crippen LogP contribution in [0.2, 0.25) is 0 Å². The predicted molar refractivity (Wildman–Crippen MR) is 117 cm³/mol. The number of carbonyl (C=O) groups is 2. The SMILES string of the molecule is CN(C1=C(CCCN2C(=O)c3ccccc3C2=O)C=Cc2ccccc2O1)S(C)(=O)=O. The van der Waals surface area contributed by atoms with Crippen molar-refractivity contribution in [3.63, 3.8) is 0 Å². The Bertz CT molecular complexity index is 1200. The molecule has 0 aliphatic carbocycles. The molecule has 0 saturated carbocycles. The van der Waals surface area contributed by atoms with Crippen LogP contribution in [0.1, 0.15) is 39.1 Å². The van der Waals surface area contributed by atoms with Gasteiger partial charge in [0.05, 0.1) is 17.4 Å². The Morgan fingerprint density at radius 3 is 2.19 bits per heavy atom. The van der Waals surface area contributed by atoms with Gasteiger partial charge in [0, 0.05) is 24.7 Å². The highest BCUT2D eigenvalue weighted by molar-refractivity contribution is 7.88. The Kier molecular flexibility index (Phi) is 5.41. The van der Waals surface area contributed by atoms with Crippen LogP contribution in [0.15, 0.2) is 66.1 Å². The second kappa shape index (κ2) is 8.03. The maximum atomic E-state index is 12.6. The van der Waals surface area contributed by atoms with Crippen molar-refractivity contribution in [2.75, 3.05) is 19.8 Å². The molecule has 4 rings (SSSR count). The van der Waals surface area contributed by atoms with Gasteiger partial charge in [0.25, 0.3) is 11.8 Å². The Morgan fingerprint density at radius 1 is 0.935 bits per heavy atom. The van der Waals surface area contributed by atoms with Gasteiger partial charge in [-0.05, 0) is 31.0 Å². The highest BCUT2D eigenvalue weighted by atomic mass is 32.2. The van der Waals surface area contributed by atoms with E-state index >= 15 is 0 Å². The van der Waals surface area contributed by atoms with E-state index in [1.807, 2.05) is 30.4 Å². The van der Waals surface area contributed by atoms with Gasteiger partial charge in [-0.25, -0.2) is 12.7 Å². The van der Waals surface area contributed by atoms with E-state index in [0.29, 0.717) is 35.3 Å². The number of allylic oxidation sites excluding steroid dienone is 2. The lowest BCUT2D eigenvalue weighted by Crippen LogP contribution is -2.31. The second-order valence-corrected chi connectivity index (χ2v) is 9.46. The van der Waals surface area contributed by atoms with Crippen molar-refractivity contribution in [2.24, 2.45) is 0 Å². The molecule has 0 spiro atoms. The normalized spacial score (nSPS) is 15.5. The van der Waals surface area contributed by atoms with Crippen LogP contribution in [-0.4, -0.2) is 49.3 Å².